The molecule has 0 radical (unpaired) electrons. The normalized spacial score (nSPS) is 38.2. The monoisotopic (exact) mass is 434 g/mol. The van der Waals surface area contributed by atoms with E-state index in [2.05, 4.69) is 12.8 Å². The van der Waals surface area contributed by atoms with Gasteiger partial charge in [0.25, 0.3) is 0 Å². The molecule has 0 saturated heterocycles. The van der Waals surface area contributed by atoms with E-state index in [0.29, 0.717) is 42.3 Å². The maximum atomic E-state index is 12.9. The molecule has 170 valence electrons. The van der Waals surface area contributed by atoms with Crippen LogP contribution in [0.4, 0.5) is 0 Å². The fraction of sp³-hybridized carbons (Fsp3) is 0.643. The maximum Gasteiger partial charge on any atom is 0.307 e. The molecule has 5 unspecified atom stereocenters. The molecule has 3 fully saturated rings. The third-order valence-corrected chi connectivity index (χ3v) is 9.31. The van der Waals surface area contributed by atoms with Gasteiger partial charge in [-0.3, -0.25) is 9.59 Å². The molecule has 4 aliphatic rings. The number of fused-ring (bicyclic) bond motifs is 5. The van der Waals surface area contributed by atoms with Gasteiger partial charge in [0.2, 0.25) is 0 Å². The first-order valence-electron chi connectivity index (χ1n) is 12.3. The highest BCUT2D eigenvalue weighted by Crippen LogP contribution is 2.65. The number of carbonyl (C=O) groups is 2. The lowest BCUT2D eigenvalue weighted by molar-refractivity contribution is -0.170. The lowest BCUT2D eigenvalue weighted by Crippen LogP contribution is -2.53. The van der Waals surface area contributed by atoms with E-state index in [0.717, 1.165) is 56.5 Å². The predicted octanol–water partition coefficient (Wildman–Crippen LogP) is 5.58. The fourth-order valence-corrected chi connectivity index (χ4v) is 7.70. The molecule has 0 amide bonds. The van der Waals surface area contributed by atoms with Crippen molar-refractivity contribution in [2.45, 2.75) is 83.7 Å². The zero-order valence-corrected chi connectivity index (χ0v) is 19.3. The summed E-state index contributed by atoms with van der Waals surface area (Å²) in [7, 11) is 0. The molecule has 4 aliphatic carbocycles. The van der Waals surface area contributed by atoms with Crippen LogP contribution in [0.5, 0.6) is 0 Å². The van der Waals surface area contributed by atoms with Crippen molar-refractivity contribution >= 4 is 11.8 Å². The molecule has 0 aromatic carbocycles. The Kier molecular flexibility index (Phi) is 5.35. The molecule has 0 N–H and O–H groups in total. The van der Waals surface area contributed by atoms with Crippen molar-refractivity contribution in [2.24, 2.45) is 29.1 Å². The molecule has 0 spiro atoms. The molecule has 32 heavy (non-hydrogen) atoms. The number of ether oxygens (including phenoxy) is 1. The first-order chi connectivity index (χ1) is 15.3. The van der Waals surface area contributed by atoms with Gasteiger partial charge >= 0.3 is 5.97 Å². The summed E-state index contributed by atoms with van der Waals surface area (Å²) in [5.74, 6) is 7.04. The van der Waals surface area contributed by atoms with Gasteiger partial charge in [0.15, 0.2) is 11.4 Å². The Morgan fingerprint density at radius 3 is 2.78 bits per heavy atom. The van der Waals surface area contributed by atoms with Crippen LogP contribution in [0.3, 0.4) is 0 Å². The molecule has 1 heterocycles. The van der Waals surface area contributed by atoms with Gasteiger partial charge in [0, 0.05) is 18.3 Å². The van der Waals surface area contributed by atoms with Crippen molar-refractivity contribution in [2.75, 3.05) is 0 Å². The average molecular weight is 435 g/mol. The Morgan fingerprint density at radius 2 is 2.03 bits per heavy atom. The molecule has 3 saturated carbocycles. The number of hydrogen-bond donors (Lipinski definition) is 0. The number of aryl methyl sites for hydroxylation is 2. The lowest BCUT2D eigenvalue weighted by atomic mass is 9.50. The SMILES string of the molecule is C#C[C@]1(OC(=O)CCc2ccc(C)o2)CCC2C3CCC4=CC(=O)CCC4C3CCC21C. The van der Waals surface area contributed by atoms with Crippen molar-refractivity contribution in [3.8, 4) is 12.3 Å². The minimum Gasteiger partial charge on any atom is -0.466 e. The second-order valence-corrected chi connectivity index (χ2v) is 10.8. The van der Waals surface area contributed by atoms with E-state index in [1.807, 2.05) is 25.1 Å². The number of allylic oxidation sites excluding steroid dienone is 1. The molecule has 0 bridgehead atoms. The topological polar surface area (TPSA) is 56.5 Å². The summed E-state index contributed by atoms with van der Waals surface area (Å²) < 4.78 is 11.8. The summed E-state index contributed by atoms with van der Waals surface area (Å²) in [6, 6.07) is 3.83. The first kappa shape index (κ1) is 21.6. The third-order valence-electron chi connectivity index (χ3n) is 9.31. The second-order valence-electron chi connectivity index (χ2n) is 10.8. The van der Waals surface area contributed by atoms with E-state index in [4.69, 9.17) is 15.6 Å². The summed E-state index contributed by atoms with van der Waals surface area (Å²) in [6.45, 7) is 4.18. The van der Waals surface area contributed by atoms with Crippen LogP contribution >= 0.6 is 0 Å². The van der Waals surface area contributed by atoms with Crippen LogP contribution in [0, 0.1) is 48.4 Å². The number of ketones is 1. The summed E-state index contributed by atoms with van der Waals surface area (Å²) >= 11 is 0. The Balaban J connectivity index is 1.31. The highest BCUT2D eigenvalue weighted by atomic mass is 16.6. The minimum absolute atomic E-state index is 0.175. The van der Waals surface area contributed by atoms with Crippen LogP contribution in [0.1, 0.15) is 76.2 Å². The van der Waals surface area contributed by atoms with E-state index in [9.17, 15) is 9.59 Å². The molecule has 1 aromatic rings. The van der Waals surface area contributed by atoms with Crippen LogP contribution < -0.4 is 0 Å². The smallest absolute Gasteiger partial charge is 0.307 e. The fourth-order valence-electron chi connectivity index (χ4n) is 7.70. The zero-order chi connectivity index (χ0) is 22.5. The van der Waals surface area contributed by atoms with Gasteiger partial charge in [-0.1, -0.05) is 18.4 Å². The molecular weight excluding hydrogens is 400 g/mol. The highest BCUT2D eigenvalue weighted by molar-refractivity contribution is 5.91. The molecule has 5 rings (SSSR count). The predicted molar refractivity (Wildman–Crippen MR) is 122 cm³/mol. The number of hydrogen-bond acceptors (Lipinski definition) is 4. The van der Waals surface area contributed by atoms with Gasteiger partial charge in [0.1, 0.15) is 11.5 Å². The van der Waals surface area contributed by atoms with E-state index >= 15 is 0 Å². The van der Waals surface area contributed by atoms with Gasteiger partial charge < -0.3 is 9.15 Å². The summed E-state index contributed by atoms with van der Waals surface area (Å²) in [6.07, 6.45) is 16.6. The first-order valence-corrected chi connectivity index (χ1v) is 12.3. The van der Waals surface area contributed by atoms with E-state index in [-0.39, 0.29) is 17.8 Å². The number of terminal acetylenes is 1. The van der Waals surface area contributed by atoms with Crippen LogP contribution in [-0.2, 0) is 20.7 Å². The Hall–Kier alpha value is -2.28. The summed E-state index contributed by atoms with van der Waals surface area (Å²) in [4.78, 5) is 24.8. The van der Waals surface area contributed by atoms with E-state index in [1.54, 1.807) is 0 Å². The maximum absolute atomic E-state index is 12.9. The Morgan fingerprint density at radius 1 is 1.19 bits per heavy atom. The summed E-state index contributed by atoms with van der Waals surface area (Å²) in [5, 5.41) is 0. The van der Waals surface area contributed by atoms with Gasteiger partial charge in [-0.2, -0.15) is 0 Å². The quantitative estimate of drug-likeness (QED) is 0.459. The Labute approximate surface area is 191 Å². The van der Waals surface area contributed by atoms with Crippen molar-refractivity contribution in [3.63, 3.8) is 0 Å². The van der Waals surface area contributed by atoms with E-state index < -0.39 is 5.60 Å². The molecule has 0 aliphatic heterocycles. The molecule has 1 aromatic heterocycles. The zero-order valence-electron chi connectivity index (χ0n) is 19.3. The number of esters is 1. The number of rotatable bonds is 4. The largest absolute Gasteiger partial charge is 0.466 e. The summed E-state index contributed by atoms with van der Waals surface area (Å²) in [5.41, 5.74) is 0.412. The van der Waals surface area contributed by atoms with Crippen LogP contribution in [0.2, 0.25) is 0 Å². The van der Waals surface area contributed by atoms with Gasteiger partial charge in [-0.05, 0) is 93.7 Å². The van der Waals surface area contributed by atoms with Gasteiger partial charge in [0.05, 0.1) is 6.42 Å². The third kappa shape index (κ3) is 3.36. The van der Waals surface area contributed by atoms with Crippen molar-refractivity contribution < 1.29 is 18.7 Å². The van der Waals surface area contributed by atoms with Crippen LogP contribution in [0.15, 0.2) is 28.2 Å². The van der Waals surface area contributed by atoms with Gasteiger partial charge in [-0.25, -0.2) is 0 Å². The van der Waals surface area contributed by atoms with E-state index in [1.165, 1.54) is 5.57 Å². The second kappa shape index (κ2) is 7.94. The Bertz CT molecular complexity index is 993. The number of furan rings is 1. The highest BCUT2D eigenvalue weighted by Gasteiger charge is 2.64. The molecule has 6 atom stereocenters. The minimum atomic E-state index is -0.808. The number of carbonyl (C=O) groups excluding carboxylic acids is 2. The van der Waals surface area contributed by atoms with Crippen LogP contribution in [0.25, 0.3) is 0 Å². The van der Waals surface area contributed by atoms with Crippen molar-refractivity contribution in [1.29, 1.82) is 0 Å². The van der Waals surface area contributed by atoms with Crippen LogP contribution in [-0.4, -0.2) is 17.4 Å². The molecular formula is C28H34O4. The van der Waals surface area contributed by atoms with Crippen molar-refractivity contribution in [3.05, 3.63) is 35.3 Å². The standard InChI is InChI=1S/C28H34O4/c1-4-28(32-26(30)12-9-21-8-5-18(2)31-21)16-14-25-24-10-6-19-17-20(29)7-11-22(19)23(24)13-15-27(25,28)3/h1,5,8,17,22-25H,6-7,9-16H2,2-3H3/t22?,23?,24?,25?,27?,28-/m0/s1. The van der Waals surface area contributed by atoms with Crippen molar-refractivity contribution in [1.82, 2.24) is 0 Å². The van der Waals surface area contributed by atoms with Gasteiger partial charge in [-0.15, -0.1) is 6.42 Å². The molecule has 4 heteroatoms. The average Bonchev–Trinajstić information content (AvgIpc) is 3.32. The molecule has 4 nitrogen and oxygen atoms in total. The lowest BCUT2D eigenvalue weighted by Gasteiger charge is -2.55.